The predicted molar refractivity (Wildman–Crippen MR) is 104 cm³/mol. The number of aromatic nitrogens is 3. The van der Waals surface area contributed by atoms with E-state index in [4.69, 9.17) is 9.47 Å². The van der Waals surface area contributed by atoms with Crippen LogP contribution in [0.15, 0.2) is 59.9 Å². The van der Waals surface area contributed by atoms with Gasteiger partial charge in [0.15, 0.2) is 27.2 Å². The average molecular weight is 414 g/mol. The minimum absolute atomic E-state index is 0.0970. The van der Waals surface area contributed by atoms with Gasteiger partial charge in [-0.25, -0.2) is 18.1 Å². The first-order valence-corrected chi connectivity index (χ1v) is 10.5. The van der Waals surface area contributed by atoms with Crippen molar-refractivity contribution in [3.63, 3.8) is 0 Å². The van der Waals surface area contributed by atoms with Crippen molar-refractivity contribution in [1.29, 1.82) is 0 Å². The number of rotatable bonds is 6. The van der Waals surface area contributed by atoms with Crippen molar-refractivity contribution < 1.29 is 22.7 Å². The molecule has 0 aliphatic carbocycles. The Balaban J connectivity index is 1.36. The van der Waals surface area contributed by atoms with Crippen LogP contribution in [0, 0.1) is 0 Å². The maximum atomic E-state index is 12.6. The number of nitrogens with zero attached hydrogens (tertiary/aromatic N) is 3. The van der Waals surface area contributed by atoms with Crippen LogP contribution in [0.25, 0.3) is 5.82 Å². The van der Waals surface area contributed by atoms with Crippen molar-refractivity contribution in [1.82, 2.24) is 14.8 Å². The lowest BCUT2D eigenvalue weighted by molar-refractivity contribution is -0.115. The number of anilines is 1. The van der Waals surface area contributed by atoms with Crippen molar-refractivity contribution in [2.75, 3.05) is 24.3 Å². The van der Waals surface area contributed by atoms with Gasteiger partial charge in [-0.2, -0.15) is 5.10 Å². The number of fused-ring (bicyclic) bond motifs is 1. The molecule has 1 N–H and O–H groups in total. The van der Waals surface area contributed by atoms with E-state index in [1.165, 1.54) is 18.3 Å². The van der Waals surface area contributed by atoms with Gasteiger partial charge in [0.2, 0.25) is 5.91 Å². The Bertz CT molecular complexity index is 1110. The van der Waals surface area contributed by atoms with Gasteiger partial charge in [0.05, 0.1) is 22.5 Å². The van der Waals surface area contributed by atoms with Crippen molar-refractivity contribution in [2.45, 2.75) is 11.3 Å². The summed E-state index contributed by atoms with van der Waals surface area (Å²) in [6, 6.07) is 9.61. The van der Waals surface area contributed by atoms with Crippen LogP contribution in [-0.2, 0) is 14.6 Å². The molecule has 9 nitrogen and oxygen atoms in total. The number of benzene rings is 1. The Hall–Kier alpha value is -3.40. The standard InChI is InChI=1S/C19H18N4O5S/c24-19(22-14-2-5-18(20-13-14)23-8-1-7-21-23)6-11-29(25,26)15-3-4-16-17(12-15)28-10-9-27-16/h1-5,7-8,12-13H,6,9-11H2,(H,22,24). The van der Waals surface area contributed by atoms with Crippen LogP contribution in [0.3, 0.4) is 0 Å². The van der Waals surface area contributed by atoms with Gasteiger partial charge in [-0.05, 0) is 30.3 Å². The zero-order valence-corrected chi connectivity index (χ0v) is 16.1. The molecule has 1 aliphatic heterocycles. The molecule has 4 rings (SSSR count). The van der Waals surface area contributed by atoms with Crippen molar-refractivity contribution >= 4 is 21.4 Å². The quantitative estimate of drug-likeness (QED) is 0.655. The van der Waals surface area contributed by atoms with Gasteiger partial charge in [0.25, 0.3) is 0 Å². The summed E-state index contributed by atoms with van der Waals surface area (Å²) in [6.45, 7) is 0.795. The fraction of sp³-hybridized carbons (Fsp3) is 0.211. The number of sulfone groups is 1. The van der Waals surface area contributed by atoms with Crippen LogP contribution < -0.4 is 14.8 Å². The first-order chi connectivity index (χ1) is 14.0. The topological polar surface area (TPSA) is 112 Å². The van der Waals surface area contributed by atoms with Crippen LogP contribution >= 0.6 is 0 Å². The Morgan fingerprint density at radius 2 is 1.97 bits per heavy atom. The number of carbonyl (C=O) groups is 1. The number of nitrogens with one attached hydrogen (secondary N) is 1. The van der Waals surface area contributed by atoms with E-state index in [0.717, 1.165) is 0 Å². The third kappa shape index (κ3) is 4.37. The van der Waals surface area contributed by atoms with E-state index in [1.54, 1.807) is 41.3 Å². The van der Waals surface area contributed by atoms with Crippen LogP contribution in [0.1, 0.15) is 6.42 Å². The smallest absolute Gasteiger partial charge is 0.225 e. The van der Waals surface area contributed by atoms with Crippen molar-refractivity contribution in [3.8, 4) is 17.3 Å². The number of hydrogen-bond acceptors (Lipinski definition) is 7. The zero-order chi connectivity index (χ0) is 20.3. The number of carbonyl (C=O) groups excluding carboxylic acids is 1. The molecule has 0 bridgehead atoms. The van der Waals surface area contributed by atoms with Gasteiger partial charge in [0.1, 0.15) is 13.2 Å². The number of ether oxygens (including phenoxy) is 2. The summed E-state index contributed by atoms with van der Waals surface area (Å²) in [7, 11) is -3.64. The summed E-state index contributed by atoms with van der Waals surface area (Å²) in [6.07, 6.45) is 4.70. The van der Waals surface area contributed by atoms with E-state index >= 15 is 0 Å². The summed E-state index contributed by atoms with van der Waals surface area (Å²) in [5.41, 5.74) is 0.475. The second-order valence-corrected chi connectivity index (χ2v) is 8.39. The molecule has 0 radical (unpaired) electrons. The molecule has 1 aromatic carbocycles. The van der Waals surface area contributed by atoms with Crippen LogP contribution in [-0.4, -0.2) is 48.1 Å². The van der Waals surface area contributed by atoms with E-state index in [-0.39, 0.29) is 17.1 Å². The minimum Gasteiger partial charge on any atom is -0.486 e. The monoisotopic (exact) mass is 414 g/mol. The first kappa shape index (κ1) is 18.9. The van der Waals surface area contributed by atoms with Crippen LogP contribution in [0.5, 0.6) is 11.5 Å². The van der Waals surface area contributed by atoms with Gasteiger partial charge in [0, 0.05) is 24.9 Å². The van der Waals surface area contributed by atoms with Gasteiger partial charge in [-0.15, -0.1) is 0 Å². The molecule has 1 aliphatic rings. The second-order valence-electron chi connectivity index (χ2n) is 6.28. The van der Waals surface area contributed by atoms with Gasteiger partial charge in [-0.1, -0.05) is 0 Å². The molecular weight excluding hydrogens is 396 g/mol. The lowest BCUT2D eigenvalue weighted by Gasteiger charge is -2.18. The fourth-order valence-corrected chi connectivity index (χ4v) is 4.04. The first-order valence-electron chi connectivity index (χ1n) is 8.90. The molecule has 29 heavy (non-hydrogen) atoms. The van der Waals surface area contributed by atoms with E-state index in [0.29, 0.717) is 36.2 Å². The van der Waals surface area contributed by atoms with E-state index in [9.17, 15) is 13.2 Å². The van der Waals surface area contributed by atoms with Gasteiger partial charge < -0.3 is 14.8 Å². The zero-order valence-electron chi connectivity index (χ0n) is 15.3. The summed E-state index contributed by atoms with van der Waals surface area (Å²) < 4.78 is 37.5. The molecule has 0 unspecified atom stereocenters. The van der Waals surface area contributed by atoms with Crippen LogP contribution in [0.2, 0.25) is 0 Å². The Labute approximate surface area is 167 Å². The molecular formula is C19H18N4O5S. The Kier molecular flexibility index (Phi) is 5.17. The lowest BCUT2D eigenvalue weighted by atomic mass is 10.3. The third-order valence-corrected chi connectivity index (χ3v) is 5.96. The largest absolute Gasteiger partial charge is 0.486 e. The molecule has 0 spiro atoms. The van der Waals surface area contributed by atoms with E-state index in [1.807, 2.05) is 0 Å². The molecule has 10 heteroatoms. The van der Waals surface area contributed by atoms with Crippen molar-refractivity contribution in [3.05, 3.63) is 55.0 Å². The molecule has 3 heterocycles. The number of pyridine rings is 1. The molecule has 2 aromatic heterocycles. The SMILES string of the molecule is O=C(CCS(=O)(=O)c1ccc2c(c1)OCCO2)Nc1ccc(-n2cccn2)nc1. The highest BCUT2D eigenvalue weighted by Crippen LogP contribution is 2.32. The minimum atomic E-state index is -3.64. The average Bonchev–Trinajstić information content (AvgIpc) is 3.27. The Morgan fingerprint density at radius 3 is 2.69 bits per heavy atom. The maximum absolute atomic E-state index is 12.6. The third-order valence-electron chi connectivity index (χ3n) is 4.24. The molecule has 3 aromatic rings. The molecule has 0 atom stereocenters. The summed E-state index contributed by atoms with van der Waals surface area (Å²) in [5, 5.41) is 6.72. The molecule has 0 saturated heterocycles. The maximum Gasteiger partial charge on any atom is 0.225 e. The van der Waals surface area contributed by atoms with Crippen molar-refractivity contribution in [2.24, 2.45) is 0 Å². The highest BCUT2D eigenvalue weighted by atomic mass is 32.2. The fourth-order valence-electron chi connectivity index (χ4n) is 2.79. The molecule has 1 amide bonds. The molecule has 0 saturated carbocycles. The van der Waals surface area contributed by atoms with Gasteiger partial charge in [-0.3, -0.25) is 4.79 Å². The highest BCUT2D eigenvalue weighted by molar-refractivity contribution is 7.91. The summed E-state index contributed by atoms with van der Waals surface area (Å²) in [4.78, 5) is 16.5. The Morgan fingerprint density at radius 1 is 1.14 bits per heavy atom. The normalized spacial score (nSPS) is 13.1. The number of hydrogen-bond donors (Lipinski definition) is 1. The highest BCUT2D eigenvalue weighted by Gasteiger charge is 2.20. The van der Waals surface area contributed by atoms with E-state index in [2.05, 4.69) is 15.4 Å². The molecule has 150 valence electrons. The predicted octanol–water partition coefficient (Wildman–Crippen LogP) is 1.84. The molecule has 0 fully saturated rings. The van der Waals surface area contributed by atoms with Gasteiger partial charge >= 0.3 is 0 Å². The summed E-state index contributed by atoms with van der Waals surface area (Å²) in [5.74, 6) is 0.773. The second kappa shape index (κ2) is 7.92. The summed E-state index contributed by atoms with van der Waals surface area (Å²) >= 11 is 0. The number of amides is 1. The lowest BCUT2D eigenvalue weighted by Crippen LogP contribution is -2.18. The van der Waals surface area contributed by atoms with E-state index < -0.39 is 15.7 Å². The van der Waals surface area contributed by atoms with Crippen LogP contribution in [0.4, 0.5) is 5.69 Å².